The van der Waals surface area contributed by atoms with E-state index in [2.05, 4.69) is 25.8 Å². The monoisotopic (exact) mass is 411 g/mol. The predicted molar refractivity (Wildman–Crippen MR) is 112 cm³/mol. The van der Waals surface area contributed by atoms with Crippen molar-refractivity contribution < 1.29 is 9.59 Å². The molecule has 0 aliphatic rings. The lowest BCUT2D eigenvalue weighted by Crippen LogP contribution is -2.26. The Balaban J connectivity index is 1.60. The van der Waals surface area contributed by atoms with E-state index in [0.29, 0.717) is 35.1 Å². The van der Waals surface area contributed by atoms with Crippen LogP contribution in [0.3, 0.4) is 0 Å². The van der Waals surface area contributed by atoms with Gasteiger partial charge in [0.2, 0.25) is 5.91 Å². The summed E-state index contributed by atoms with van der Waals surface area (Å²) in [6, 6.07) is 12.4. The number of nitrogens with one attached hydrogen (secondary N) is 3. The molecule has 3 N–H and O–H groups in total. The fraction of sp³-hybridized carbons (Fsp3) is 0.238. The van der Waals surface area contributed by atoms with Crippen LogP contribution in [0.15, 0.2) is 42.5 Å². The number of nitrogens with zero attached hydrogens (tertiary/aromatic N) is 2. The summed E-state index contributed by atoms with van der Waals surface area (Å²) >= 11 is 6.12. The summed E-state index contributed by atoms with van der Waals surface area (Å²) in [5.74, 6) is 0.971. The Hall–Kier alpha value is -3.19. The van der Waals surface area contributed by atoms with Gasteiger partial charge in [-0.25, -0.2) is 4.98 Å². The van der Waals surface area contributed by atoms with Crippen LogP contribution in [0.1, 0.15) is 33.1 Å². The highest BCUT2D eigenvalue weighted by Crippen LogP contribution is 2.19. The van der Waals surface area contributed by atoms with Gasteiger partial charge in [-0.2, -0.15) is 5.10 Å². The van der Waals surface area contributed by atoms with Gasteiger partial charge in [0.1, 0.15) is 5.82 Å². The molecule has 0 aliphatic heterocycles. The van der Waals surface area contributed by atoms with Crippen LogP contribution in [-0.2, 0) is 17.6 Å². The first-order valence-electron chi connectivity index (χ1n) is 9.22. The Morgan fingerprint density at radius 3 is 2.66 bits per heavy atom. The second-order valence-corrected chi connectivity index (χ2v) is 7.10. The summed E-state index contributed by atoms with van der Waals surface area (Å²) in [5.41, 5.74) is 2.68. The van der Waals surface area contributed by atoms with E-state index in [9.17, 15) is 9.59 Å². The van der Waals surface area contributed by atoms with Gasteiger partial charge >= 0.3 is 0 Å². The molecule has 0 atom stereocenters. The maximum Gasteiger partial charge on any atom is 0.251 e. The number of hydrogen-bond donors (Lipinski definition) is 3. The predicted octanol–water partition coefficient (Wildman–Crippen LogP) is 3.23. The highest BCUT2D eigenvalue weighted by atomic mass is 35.5. The number of halogens is 1. The highest BCUT2D eigenvalue weighted by molar-refractivity contribution is 6.31. The van der Waals surface area contributed by atoms with Crippen molar-refractivity contribution >= 4 is 29.1 Å². The van der Waals surface area contributed by atoms with Gasteiger partial charge in [-0.15, -0.1) is 0 Å². The molecular weight excluding hydrogens is 390 g/mol. The first-order valence-corrected chi connectivity index (χ1v) is 9.60. The maximum absolute atomic E-state index is 12.4. The summed E-state index contributed by atoms with van der Waals surface area (Å²) in [7, 11) is 0. The zero-order chi connectivity index (χ0) is 20.8. The molecule has 0 aliphatic carbocycles. The maximum atomic E-state index is 12.4. The minimum absolute atomic E-state index is 0.158. The van der Waals surface area contributed by atoms with Gasteiger partial charge in [-0.3, -0.25) is 14.7 Å². The van der Waals surface area contributed by atoms with Crippen LogP contribution in [-0.4, -0.2) is 33.5 Å². The Morgan fingerprint density at radius 2 is 1.93 bits per heavy atom. The zero-order valence-electron chi connectivity index (χ0n) is 16.3. The zero-order valence-corrected chi connectivity index (χ0v) is 17.0. The third kappa shape index (κ3) is 5.65. The number of aromatic amines is 1. The highest BCUT2D eigenvalue weighted by Gasteiger charge is 2.12. The van der Waals surface area contributed by atoms with E-state index in [1.807, 2.05) is 32.0 Å². The molecule has 8 heteroatoms. The summed E-state index contributed by atoms with van der Waals surface area (Å²) in [5, 5.41) is 13.1. The molecule has 0 bridgehead atoms. The topological polar surface area (TPSA) is 99.8 Å². The van der Waals surface area contributed by atoms with Crippen molar-refractivity contribution in [3.8, 4) is 0 Å². The molecule has 0 fully saturated rings. The SMILES string of the molecule is Cc1nc(CCNC(=O)c2ccc(C)c(NC(=O)Cc3ccccc3Cl)c2)n[nH]1. The van der Waals surface area contributed by atoms with E-state index in [1.54, 1.807) is 24.3 Å². The molecule has 0 spiro atoms. The first-order chi connectivity index (χ1) is 13.9. The van der Waals surface area contributed by atoms with Crippen molar-refractivity contribution in [2.24, 2.45) is 0 Å². The number of hydrogen-bond acceptors (Lipinski definition) is 4. The fourth-order valence-electron chi connectivity index (χ4n) is 2.80. The van der Waals surface area contributed by atoms with Gasteiger partial charge in [0.25, 0.3) is 5.91 Å². The largest absolute Gasteiger partial charge is 0.352 e. The molecule has 0 unspecified atom stereocenters. The van der Waals surface area contributed by atoms with E-state index in [0.717, 1.165) is 17.0 Å². The number of H-pyrrole nitrogens is 1. The van der Waals surface area contributed by atoms with Gasteiger partial charge < -0.3 is 10.6 Å². The molecule has 150 valence electrons. The summed E-state index contributed by atoms with van der Waals surface area (Å²) in [6.07, 6.45) is 0.689. The van der Waals surface area contributed by atoms with Crippen LogP contribution >= 0.6 is 11.6 Å². The number of amides is 2. The molecule has 0 saturated carbocycles. The summed E-state index contributed by atoms with van der Waals surface area (Å²) in [4.78, 5) is 29.1. The van der Waals surface area contributed by atoms with Crippen LogP contribution in [0.2, 0.25) is 5.02 Å². The van der Waals surface area contributed by atoms with E-state index < -0.39 is 0 Å². The quantitative estimate of drug-likeness (QED) is 0.555. The second kappa shape index (κ2) is 9.34. The number of benzene rings is 2. The number of anilines is 1. The Labute approximate surface area is 173 Å². The lowest BCUT2D eigenvalue weighted by Gasteiger charge is -2.11. The number of aromatic nitrogens is 3. The number of rotatable bonds is 7. The van der Waals surface area contributed by atoms with Crippen molar-refractivity contribution in [2.45, 2.75) is 26.7 Å². The molecule has 1 aromatic heterocycles. The molecule has 29 heavy (non-hydrogen) atoms. The molecule has 3 rings (SSSR count). The first kappa shape index (κ1) is 20.5. The molecule has 2 amide bonds. The molecular formula is C21H22ClN5O2. The van der Waals surface area contributed by atoms with Crippen molar-refractivity contribution in [1.82, 2.24) is 20.5 Å². The molecule has 0 saturated heterocycles. The van der Waals surface area contributed by atoms with Crippen LogP contribution < -0.4 is 10.6 Å². The van der Waals surface area contributed by atoms with E-state index in [-0.39, 0.29) is 18.2 Å². The van der Waals surface area contributed by atoms with Gasteiger partial charge in [0.15, 0.2) is 5.82 Å². The Bertz CT molecular complexity index is 1030. The van der Waals surface area contributed by atoms with Crippen molar-refractivity contribution in [3.05, 3.63) is 75.8 Å². The van der Waals surface area contributed by atoms with Crippen LogP contribution in [0.4, 0.5) is 5.69 Å². The Kier molecular flexibility index (Phi) is 6.61. The molecule has 1 heterocycles. The van der Waals surface area contributed by atoms with Crippen LogP contribution in [0, 0.1) is 13.8 Å². The number of aryl methyl sites for hydroxylation is 2. The third-order valence-corrected chi connectivity index (χ3v) is 4.73. The van der Waals surface area contributed by atoms with Crippen LogP contribution in [0.5, 0.6) is 0 Å². The minimum atomic E-state index is -0.223. The van der Waals surface area contributed by atoms with Crippen molar-refractivity contribution in [1.29, 1.82) is 0 Å². The normalized spacial score (nSPS) is 10.6. The molecule has 3 aromatic rings. The smallest absolute Gasteiger partial charge is 0.251 e. The van der Waals surface area contributed by atoms with E-state index in [1.165, 1.54) is 0 Å². The van der Waals surface area contributed by atoms with Crippen molar-refractivity contribution in [3.63, 3.8) is 0 Å². The molecule has 2 aromatic carbocycles. The second-order valence-electron chi connectivity index (χ2n) is 6.69. The van der Waals surface area contributed by atoms with E-state index in [4.69, 9.17) is 11.6 Å². The number of carbonyl (C=O) groups excluding carboxylic acids is 2. The fourth-order valence-corrected chi connectivity index (χ4v) is 3.00. The lowest BCUT2D eigenvalue weighted by atomic mass is 10.1. The van der Waals surface area contributed by atoms with Gasteiger partial charge in [0.05, 0.1) is 6.42 Å². The third-order valence-electron chi connectivity index (χ3n) is 4.36. The van der Waals surface area contributed by atoms with Gasteiger partial charge in [-0.05, 0) is 43.2 Å². The molecule has 7 nitrogen and oxygen atoms in total. The van der Waals surface area contributed by atoms with Crippen LogP contribution in [0.25, 0.3) is 0 Å². The average molecular weight is 412 g/mol. The standard InChI is InChI=1S/C21H22ClN5O2/c1-13-7-8-16(21(29)23-10-9-19-24-14(2)26-27-19)11-18(13)25-20(28)12-15-5-3-4-6-17(15)22/h3-8,11H,9-10,12H2,1-2H3,(H,23,29)(H,25,28)(H,24,26,27). The van der Waals surface area contributed by atoms with Gasteiger partial charge in [-0.1, -0.05) is 35.9 Å². The Morgan fingerprint density at radius 1 is 1.14 bits per heavy atom. The lowest BCUT2D eigenvalue weighted by molar-refractivity contribution is -0.115. The minimum Gasteiger partial charge on any atom is -0.352 e. The summed E-state index contributed by atoms with van der Waals surface area (Å²) < 4.78 is 0. The van der Waals surface area contributed by atoms with Crippen molar-refractivity contribution in [2.75, 3.05) is 11.9 Å². The summed E-state index contributed by atoms with van der Waals surface area (Å²) in [6.45, 7) is 4.11. The number of carbonyl (C=O) groups is 2. The molecule has 0 radical (unpaired) electrons. The van der Waals surface area contributed by atoms with E-state index >= 15 is 0 Å². The average Bonchev–Trinajstić information content (AvgIpc) is 3.10. The van der Waals surface area contributed by atoms with Gasteiger partial charge in [0, 0.05) is 29.2 Å².